The van der Waals surface area contributed by atoms with Gasteiger partial charge in [0, 0.05) is 12.1 Å². The maximum Gasteiger partial charge on any atom is 0.176 e. The van der Waals surface area contributed by atoms with Crippen LogP contribution in [0.5, 0.6) is 0 Å². The number of aromatic nitrogens is 1. The van der Waals surface area contributed by atoms with Crippen molar-refractivity contribution in [3.05, 3.63) is 30.1 Å². The smallest absolute Gasteiger partial charge is 0.176 e. The molecule has 0 bridgehead atoms. The van der Waals surface area contributed by atoms with Gasteiger partial charge in [0.25, 0.3) is 0 Å². The lowest BCUT2D eigenvalue weighted by Gasteiger charge is -2.01. The van der Waals surface area contributed by atoms with Crippen LogP contribution < -0.4 is 17.0 Å². The fraction of sp³-hybridized carbons (Fsp3) is 0.444. The molecule has 1 aromatic rings. The third kappa shape index (κ3) is 4.22. The first-order chi connectivity index (χ1) is 5.72. The molecule has 0 amide bonds. The summed E-state index contributed by atoms with van der Waals surface area (Å²) in [7, 11) is 0. The first kappa shape index (κ1) is 12.4. The summed E-state index contributed by atoms with van der Waals surface area (Å²) in [6, 6.07) is 3.92. The van der Waals surface area contributed by atoms with Crippen molar-refractivity contribution in [2.24, 2.45) is 0 Å². The van der Waals surface area contributed by atoms with E-state index in [4.69, 9.17) is 10.2 Å². The van der Waals surface area contributed by atoms with Crippen molar-refractivity contribution in [1.82, 2.24) is 0 Å². The largest absolute Gasteiger partial charge is 1.00 e. The molecular weight excluding hydrogens is 190 g/mol. The molecule has 0 aliphatic carbocycles. The minimum atomic E-state index is -0.669. The number of aryl methyl sites for hydroxylation is 1. The van der Waals surface area contributed by atoms with E-state index in [0.717, 1.165) is 0 Å². The Kier molecular flexibility index (Phi) is 5.62. The van der Waals surface area contributed by atoms with Crippen LogP contribution >= 0.6 is 0 Å². The van der Waals surface area contributed by atoms with Gasteiger partial charge in [0.05, 0.1) is 6.61 Å². The van der Waals surface area contributed by atoms with Crippen molar-refractivity contribution in [2.45, 2.75) is 19.6 Å². The zero-order valence-electron chi connectivity index (χ0n) is 7.52. The van der Waals surface area contributed by atoms with E-state index in [1.165, 1.54) is 5.56 Å². The van der Waals surface area contributed by atoms with E-state index in [1.54, 1.807) is 0 Å². The number of pyridine rings is 1. The second-order valence-electron chi connectivity index (χ2n) is 2.91. The Morgan fingerprint density at radius 2 is 1.92 bits per heavy atom. The monoisotopic (exact) mass is 203 g/mol. The summed E-state index contributed by atoms with van der Waals surface area (Å²) in [4.78, 5) is 0. The highest BCUT2D eigenvalue weighted by Crippen LogP contribution is 1.90. The number of rotatable bonds is 3. The molecule has 1 unspecified atom stereocenters. The number of hydrogen-bond donors (Lipinski definition) is 2. The molecule has 3 nitrogen and oxygen atoms in total. The Labute approximate surface area is 84.1 Å². The molecule has 0 aromatic carbocycles. The highest BCUT2D eigenvalue weighted by Gasteiger charge is 2.07. The summed E-state index contributed by atoms with van der Waals surface area (Å²) >= 11 is 0. The molecule has 74 valence electrons. The predicted molar refractivity (Wildman–Crippen MR) is 44.5 cm³/mol. The van der Waals surface area contributed by atoms with Crippen molar-refractivity contribution < 1.29 is 27.2 Å². The quantitative estimate of drug-likeness (QED) is 0.504. The van der Waals surface area contributed by atoms with Crippen LogP contribution in [0.15, 0.2) is 24.5 Å². The van der Waals surface area contributed by atoms with Gasteiger partial charge >= 0.3 is 0 Å². The molecule has 1 heterocycles. The van der Waals surface area contributed by atoms with E-state index in [-0.39, 0.29) is 19.0 Å². The zero-order valence-corrected chi connectivity index (χ0v) is 8.28. The predicted octanol–water partition coefficient (Wildman–Crippen LogP) is -3.36. The number of aliphatic hydroxyl groups excluding tert-OH is 2. The van der Waals surface area contributed by atoms with Crippen LogP contribution in [0.2, 0.25) is 0 Å². The number of hydrogen-bond acceptors (Lipinski definition) is 2. The molecule has 4 heteroatoms. The van der Waals surface area contributed by atoms with Gasteiger partial charge in [-0.25, -0.2) is 4.57 Å². The molecular formula is C9H14ClNO2. The fourth-order valence-corrected chi connectivity index (χ4v) is 0.955. The summed E-state index contributed by atoms with van der Waals surface area (Å²) in [6.07, 6.45) is 3.10. The Morgan fingerprint density at radius 3 is 2.38 bits per heavy atom. The van der Waals surface area contributed by atoms with Crippen molar-refractivity contribution in [1.29, 1.82) is 0 Å². The summed E-state index contributed by atoms with van der Waals surface area (Å²) in [5.41, 5.74) is 1.18. The normalized spacial score (nSPS) is 11.9. The molecule has 0 aliphatic heterocycles. The van der Waals surface area contributed by atoms with Gasteiger partial charge in [-0.1, -0.05) is 0 Å². The minimum Gasteiger partial charge on any atom is -1.00 e. The lowest BCUT2D eigenvalue weighted by atomic mass is 10.3. The Hall–Kier alpha value is -0.640. The maximum atomic E-state index is 9.11. The molecule has 0 saturated heterocycles. The third-order valence-corrected chi connectivity index (χ3v) is 1.69. The van der Waals surface area contributed by atoms with Crippen LogP contribution in [0, 0.1) is 6.92 Å². The molecule has 0 aliphatic rings. The molecule has 1 aromatic heterocycles. The van der Waals surface area contributed by atoms with Crippen LogP contribution in [0.3, 0.4) is 0 Å². The average molecular weight is 204 g/mol. The standard InChI is InChI=1S/C9H14NO2.ClH/c1-8-2-4-10(5-3-8)6-9(12)7-11;/h2-5,9,11-12H,6-7H2,1H3;1H/q+1;/p-1. The highest BCUT2D eigenvalue weighted by atomic mass is 35.5. The molecule has 13 heavy (non-hydrogen) atoms. The van der Waals surface area contributed by atoms with Gasteiger partial charge < -0.3 is 22.6 Å². The summed E-state index contributed by atoms with van der Waals surface area (Å²) in [6.45, 7) is 2.25. The SMILES string of the molecule is Cc1cc[n+](CC(O)CO)cc1.[Cl-]. The van der Waals surface area contributed by atoms with Crippen molar-refractivity contribution in [3.8, 4) is 0 Å². The van der Waals surface area contributed by atoms with Gasteiger partial charge in [-0.2, -0.15) is 0 Å². The van der Waals surface area contributed by atoms with E-state index < -0.39 is 6.10 Å². The van der Waals surface area contributed by atoms with Gasteiger partial charge in [-0.15, -0.1) is 0 Å². The summed E-state index contributed by atoms with van der Waals surface area (Å²) in [5.74, 6) is 0. The lowest BCUT2D eigenvalue weighted by molar-refractivity contribution is -0.703. The van der Waals surface area contributed by atoms with Gasteiger partial charge in [0.2, 0.25) is 0 Å². The van der Waals surface area contributed by atoms with Gasteiger partial charge in [-0.3, -0.25) is 0 Å². The number of halogens is 1. The Balaban J connectivity index is 0.00000144. The molecule has 0 radical (unpaired) electrons. The number of aliphatic hydroxyl groups is 2. The van der Waals surface area contributed by atoms with E-state index in [9.17, 15) is 0 Å². The van der Waals surface area contributed by atoms with Crippen LogP contribution in [-0.2, 0) is 6.54 Å². The van der Waals surface area contributed by atoms with E-state index in [1.807, 2.05) is 36.0 Å². The Bertz CT molecular complexity index is 238. The lowest BCUT2D eigenvalue weighted by Crippen LogP contribution is -3.00. The highest BCUT2D eigenvalue weighted by molar-refractivity contribution is 5.03. The maximum absolute atomic E-state index is 9.11. The molecule has 0 fully saturated rings. The minimum absolute atomic E-state index is 0. The second-order valence-corrected chi connectivity index (χ2v) is 2.91. The zero-order chi connectivity index (χ0) is 8.97. The van der Waals surface area contributed by atoms with Crippen molar-refractivity contribution >= 4 is 0 Å². The first-order valence-electron chi connectivity index (χ1n) is 3.97. The van der Waals surface area contributed by atoms with E-state index in [2.05, 4.69) is 0 Å². The topological polar surface area (TPSA) is 44.3 Å². The van der Waals surface area contributed by atoms with Crippen LogP contribution in [-0.4, -0.2) is 22.9 Å². The second kappa shape index (κ2) is 5.91. The summed E-state index contributed by atoms with van der Waals surface area (Å²) in [5, 5.41) is 17.7. The number of nitrogens with zero attached hydrogens (tertiary/aromatic N) is 1. The van der Waals surface area contributed by atoms with Gasteiger partial charge in [-0.05, 0) is 12.5 Å². The van der Waals surface area contributed by atoms with Crippen LogP contribution in [0.1, 0.15) is 5.56 Å². The average Bonchev–Trinajstić information content (AvgIpc) is 2.09. The van der Waals surface area contributed by atoms with Crippen LogP contribution in [0.25, 0.3) is 0 Å². The van der Waals surface area contributed by atoms with Gasteiger partial charge in [0.1, 0.15) is 6.10 Å². The van der Waals surface area contributed by atoms with E-state index >= 15 is 0 Å². The molecule has 2 N–H and O–H groups in total. The summed E-state index contributed by atoms with van der Waals surface area (Å²) < 4.78 is 1.84. The molecule has 0 saturated carbocycles. The Morgan fingerprint density at radius 1 is 1.38 bits per heavy atom. The van der Waals surface area contributed by atoms with Crippen molar-refractivity contribution in [3.63, 3.8) is 0 Å². The first-order valence-corrected chi connectivity index (χ1v) is 3.97. The van der Waals surface area contributed by atoms with Gasteiger partial charge in [0.15, 0.2) is 18.9 Å². The van der Waals surface area contributed by atoms with Crippen molar-refractivity contribution in [2.75, 3.05) is 6.61 Å². The van der Waals surface area contributed by atoms with E-state index in [0.29, 0.717) is 6.54 Å². The fourth-order valence-electron chi connectivity index (χ4n) is 0.955. The van der Waals surface area contributed by atoms with Crippen LogP contribution in [0.4, 0.5) is 0 Å². The molecule has 1 atom stereocenters. The molecule has 1 rings (SSSR count). The molecule has 0 spiro atoms. The third-order valence-electron chi connectivity index (χ3n) is 1.69.